The third kappa shape index (κ3) is 3.69. The minimum Gasteiger partial charge on any atom is -0.381 e. The van der Waals surface area contributed by atoms with Gasteiger partial charge in [-0.1, -0.05) is 22.9 Å². The highest BCUT2D eigenvalue weighted by Gasteiger charge is 2.31. The number of rotatable bonds is 4. The number of nitrogens with zero attached hydrogens (tertiary/aromatic N) is 1. The number of ether oxygens (including phenoxy) is 1. The first-order chi connectivity index (χ1) is 6.94. The molecule has 0 N–H and O–H groups in total. The largest absolute Gasteiger partial charge is 0.381 e. The van der Waals surface area contributed by atoms with Crippen LogP contribution in [0.4, 0.5) is 0 Å². The lowest BCUT2D eigenvalue weighted by Gasteiger charge is -2.27. The van der Waals surface area contributed by atoms with Crippen LogP contribution in [0.5, 0.6) is 0 Å². The lowest BCUT2D eigenvalue weighted by molar-refractivity contribution is 0.0974. The van der Waals surface area contributed by atoms with Gasteiger partial charge in [0.1, 0.15) is 0 Å². The molecule has 1 aliphatic rings. The molecule has 1 unspecified atom stereocenters. The molecule has 0 aliphatic carbocycles. The summed E-state index contributed by atoms with van der Waals surface area (Å²) in [7, 11) is -1.49. The van der Waals surface area contributed by atoms with Crippen molar-refractivity contribution in [1.82, 2.24) is 4.31 Å². The van der Waals surface area contributed by atoms with Gasteiger partial charge in [0, 0.05) is 31.6 Å². The van der Waals surface area contributed by atoms with Crippen molar-refractivity contribution >= 4 is 26.0 Å². The second-order valence-electron chi connectivity index (χ2n) is 3.92. The molecule has 4 nitrogen and oxygen atoms in total. The zero-order valence-electron chi connectivity index (χ0n) is 9.15. The van der Waals surface area contributed by atoms with Crippen molar-refractivity contribution in [1.29, 1.82) is 0 Å². The van der Waals surface area contributed by atoms with Crippen molar-refractivity contribution in [3.05, 3.63) is 0 Å². The third-order valence-corrected chi connectivity index (χ3v) is 5.15. The number of hydrogen-bond donors (Lipinski definition) is 0. The summed E-state index contributed by atoms with van der Waals surface area (Å²) < 4.78 is 30.8. The van der Waals surface area contributed by atoms with E-state index in [2.05, 4.69) is 15.9 Å². The van der Waals surface area contributed by atoms with Gasteiger partial charge in [0.2, 0.25) is 10.0 Å². The molecule has 0 bridgehead atoms. The fourth-order valence-electron chi connectivity index (χ4n) is 1.69. The van der Waals surface area contributed by atoms with E-state index < -0.39 is 10.0 Å². The molecule has 1 rings (SSSR count). The molecule has 1 saturated heterocycles. The van der Waals surface area contributed by atoms with E-state index in [-0.39, 0.29) is 10.1 Å². The van der Waals surface area contributed by atoms with E-state index in [1.165, 1.54) is 4.31 Å². The van der Waals surface area contributed by atoms with Crippen molar-refractivity contribution in [2.75, 3.05) is 26.8 Å². The Morgan fingerprint density at radius 1 is 1.47 bits per heavy atom. The van der Waals surface area contributed by atoms with Crippen molar-refractivity contribution < 1.29 is 13.2 Å². The molecule has 1 heterocycles. The average molecular weight is 300 g/mol. The van der Waals surface area contributed by atoms with Gasteiger partial charge in [-0.2, -0.15) is 0 Å². The van der Waals surface area contributed by atoms with Crippen LogP contribution >= 0.6 is 15.9 Å². The average Bonchev–Trinajstić information content (AvgIpc) is 2.18. The Kier molecular flexibility index (Phi) is 5.02. The maximum atomic E-state index is 12.1. The van der Waals surface area contributed by atoms with Crippen LogP contribution in [-0.2, 0) is 14.8 Å². The minimum atomic E-state index is -3.13. The molecule has 15 heavy (non-hydrogen) atoms. The van der Waals surface area contributed by atoms with Crippen molar-refractivity contribution in [2.24, 2.45) is 0 Å². The zero-order chi connectivity index (χ0) is 11.5. The van der Waals surface area contributed by atoms with Gasteiger partial charge in [0.15, 0.2) is 0 Å². The van der Waals surface area contributed by atoms with E-state index >= 15 is 0 Å². The lowest BCUT2D eigenvalue weighted by Crippen LogP contribution is -2.41. The number of hydrogen-bond acceptors (Lipinski definition) is 3. The molecular weight excluding hydrogens is 282 g/mol. The predicted octanol–water partition coefficient (Wildman–Crippen LogP) is 1.21. The number of halogens is 1. The lowest BCUT2D eigenvalue weighted by atomic mass is 10.2. The Bertz CT molecular complexity index is 286. The molecule has 0 radical (unpaired) electrons. The van der Waals surface area contributed by atoms with Crippen LogP contribution in [0.3, 0.4) is 0 Å². The molecule has 0 spiro atoms. The van der Waals surface area contributed by atoms with Crippen molar-refractivity contribution in [3.63, 3.8) is 0 Å². The van der Waals surface area contributed by atoms with Crippen LogP contribution < -0.4 is 0 Å². The molecule has 0 amide bonds. The summed E-state index contributed by atoms with van der Waals surface area (Å²) in [5.74, 6) is 0. The highest BCUT2D eigenvalue weighted by atomic mass is 79.9. The maximum Gasteiger partial charge on any atom is 0.216 e. The summed E-state index contributed by atoms with van der Waals surface area (Å²) in [5.41, 5.74) is 0. The van der Waals surface area contributed by atoms with Gasteiger partial charge in [0.25, 0.3) is 0 Å². The van der Waals surface area contributed by atoms with E-state index in [0.29, 0.717) is 32.6 Å². The van der Waals surface area contributed by atoms with Crippen LogP contribution in [0.1, 0.15) is 19.8 Å². The number of alkyl halides is 1. The quantitative estimate of drug-likeness (QED) is 0.733. The van der Waals surface area contributed by atoms with Gasteiger partial charge in [-0.15, -0.1) is 0 Å². The third-order valence-electron chi connectivity index (χ3n) is 2.53. The van der Waals surface area contributed by atoms with Crippen LogP contribution in [-0.4, -0.2) is 49.6 Å². The molecule has 1 aliphatic heterocycles. The Morgan fingerprint density at radius 2 is 2.00 bits per heavy atom. The van der Waals surface area contributed by atoms with E-state index in [1.807, 2.05) is 6.92 Å². The monoisotopic (exact) mass is 299 g/mol. The van der Waals surface area contributed by atoms with Crippen LogP contribution in [0, 0.1) is 0 Å². The first kappa shape index (κ1) is 13.4. The smallest absolute Gasteiger partial charge is 0.216 e. The molecule has 1 atom stereocenters. The molecule has 0 saturated carbocycles. The molecular formula is C9H18BrNO3S. The summed E-state index contributed by atoms with van der Waals surface area (Å²) in [6.45, 7) is 3.57. The second kappa shape index (κ2) is 5.61. The Balaban J connectivity index is 2.63. The fraction of sp³-hybridized carbons (Fsp3) is 1.00. The van der Waals surface area contributed by atoms with Crippen LogP contribution in [0.2, 0.25) is 0 Å². The van der Waals surface area contributed by atoms with Gasteiger partial charge in [-0.05, 0) is 12.8 Å². The van der Waals surface area contributed by atoms with Gasteiger partial charge in [0.05, 0.1) is 5.25 Å². The first-order valence-electron chi connectivity index (χ1n) is 5.11. The summed E-state index contributed by atoms with van der Waals surface area (Å²) in [6.07, 6.45) is 1.23. The maximum absolute atomic E-state index is 12.1. The van der Waals surface area contributed by atoms with Gasteiger partial charge >= 0.3 is 0 Å². The van der Waals surface area contributed by atoms with Gasteiger partial charge < -0.3 is 4.74 Å². The first-order valence-corrected chi connectivity index (χ1v) is 7.53. The Labute approximate surface area is 100 Å². The van der Waals surface area contributed by atoms with Crippen molar-refractivity contribution in [2.45, 2.75) is 29.8 Å². The van der Waals surface area contributed by atoms with Crippen LogP contribution in [0.15, 0.2) is 0 Å². The molecule has 90 valence electrons. The normalized spacial score (nSPS) is 21.9. The zero-order valence-corrected chi connectivity index (χ0v) is 11.6. The van der Waals surface area contributed by atoms with Gasteiger partial charge in [-0.3, -0.25) is 0 Å². The Hall–Kier alpha value is 0.350. The minimum absolute atomic E-state index is 0.178. The molecule has 0 aromatic heterocycles. The summed E-state index contributed by atoms with van der Waals surface area (Å²) in [5, 5.41) is -0.262. The highest BCUT2D eigenvalue weighted by Crippen LogP contribution is 2.19. The standard InChI is InChI=1S/C9H18BrNO3S/c1-8(10)7-11(2)15(12,13)9-3-5-14-6-4-9/h8-9H,3-7H2,1-2H3. The summed E-state index contributed by atoms with van der Waals surface area (Å²) in [6, 6.07) is 0. The molecule has 6 heteroatoms. The SMILES string of the molecule is CC(Br)CN(C)S(=O)(=O)C1CCOCC1. The Morgan fingerprint density at radius 3 is 2.47 bits per heavy atom. The van der Waals surface area contributed by atoms with Gasteiger partial charge in [-0.25, -0.2) is 12.7 Å². The van der Waals surface area contributed by atoms with Crippen LogP contribution in [0.25, 0.3) is 0 Å². The fourth-order valence-corrected chi connectivity index (χ4v) is 4.04. The van der Waals surface area contributed by atoms with E-state index in [0.717, 1.165) is 0 Å². The topological polar surface area (TPSA) is 46.6 Å². The second-order valence-corrected chi connectivity index (χ2v) is 7.80. The molecule has 0 aromatic carbocycles. The number of sulfonamides is 1. The van der Waals surface area contributed by atoms with E-state index in [4.69, 9.17) is 4.74 Å². The predicted molar refractivity (Wildman–Crippen MR) is 63.8 cm³/mol. The summed E-state index contributed by atoms with van der Waals surface area (Å²) in [4.78, 5) is 0.178. The van der Waals surface area contributed by atoms with E-state index in [9.17, 15) is 8.42 Å². The highest BCUT2D eigenvalue weighted by molar-refractivity contribution is 9.09. The van der Waals surface area contributed by atoms with E-state index in [1.54, 1.807) is 7.05 Å². The van der Waals surface area contributed by atoms with Crippen molar-refractivity contribution in [3.8, 4) is 0 Å². The summed E-state index contributed by atoms with van der Waals surface area (Å²) >= 11 is 3.36. The molecule has 1 fully saturated rings. The molecule has 0 aromatic rings.